The van der Waals surface area contributed by atoms with Crippen LogP contribution in [-0.2, 0) is 15.9 Å². The zero-order valence-corrected chi connectivity index (χ0v) is 22.4. The van der Waals surface area contributed by atoms with Gasteiger partial charge in [0.2, 0.25) is 0 Å². The molecule has 0 radical (unpaired) electrons. The molecule has 0 unspecified atom stereocenters. The molecule has 7 rings (SSSR count). The Morgan fingerprint density at radius 3 is 2.68 bits per heavy atom. The van der Waals surface area contributed by atoms with E-state index in [4.69, 9.17) is 25.9 Å². The third kappa shape index (κ3) is 3.76. The van der Waals surface area contributed by atoms with E-state index in [9.17, 15) is 0 Å². The minimum Gasteiger partial charge on any atom is -0.383 e. The van der Waals surface area contributed by atoms with Crippen molar-refractivity contribution in [2.75, 3.05) is 11.5 Å². The van der Waals surface area contributed by atoms with Gasteiger partial charge in [-0.3, -0.25) is 0 Å². The van der Waals surface area contributed by atoms with Crippen molar-refractivity contribution in [1.82, 2.24) is 19.5 Å². The zero-order valence-electron chi connectivity index (χ0n) is 22.4. The molecule has 1 aromatic carbocycles. The molecule has 38 heavy (non-hydrogen) atoms. The fraction of sp³-hybridized carbons (Fsp3) is 0.500. The van der Waals surface area contributed by atoms with Gasteiger partial charge in [0, 0.05) is 17.0 Å². The van der Waals surface area contributed by atoms with E-state index in [0.29, 0.717) is 17.6 Å². The van der Waals surface area contributed by atoms with Gasteiger partial charge < -0.3 is 25.5 Å². The second-order valence-electron chi connectivity index (χ2n) is 12.0. The molecule has 1 aliphatic heterocycles. The van der Waals surface area contributed by atoms with Gasteiger partial charge in [0.1, 0.15) is 29.7 Å². The molecular formula is C30H36N6O2. The van der Waals surface area contributed by atoms with Gasteiger partial charge in [-0.25, -0.2) is 15.0 Å². The molecule has 0 spiro atoms. The highest BCUT2D eigenvalue weighted by atomic mass is 16.8. The smallest absolute Gasteiger partial charge is 0.163 e. The number of hydrogen-bond acceptors (Lipinski definition) is 7. The number of aromatic nitrogens is 4. The summed E-state index contributed by atoms with van der Waals surface area (Å²) in [4.78, 5) is 13.5. The third-order valence-electron chi connectivity index (χ3n) is 9.20. The summed E-state index contributed by atoms with van der Waals surface area (Å²) in [6, 6.07) is 11.0. The Hall–Kier alpha value is -3.23. The van der Waals surface area contributed by atoms with E-state index in [1.54, 1.807) is 0 Å². The Morgan fingerprint density at radius 1 is 1.05 bits per heavy atom. The van der Waals surface area contributed by atoms with Gasteiger partial charge in [-0.1, -0.05) is 19.1 Å². The molecule has 4 heterocycles. The number of aryl methyl sites for hydroxylation is 1. The number of anilines is 2. The number of rotatable bonds is 6. The topological polar surface area (TPSA) is 114 Å². The van der Waals surface area contributed by atoms with Crippen molar-refractivity contribution < 1.29 is 9.47 Å². The molecule has 4 atom stereocenters. The fourth-order valence-electron chi connectivity index (χ4n) is 6.99. The molecule has 3 fully saturated rings. The monoisotopic (exact) mass is 512 g/mol. The predicted octanol–water partition coefficient (Wildman–Crippen LogP) is 5.52. The molecular weight excluding hydrogens is 476 g/mol. The quantitative estimate of drug-likeness (QED) is 0.350. The van der Waals surface area contributed by atoms with Crippen LogP contribution in [0.2, 0.25) is 0 Å². The van der Waals surface area contributed by atoms with E-state index in [-0.39, 0.29) is 23.7 Å². The van der Waals surface area contributed by atoms with Crippen LogP contribution in [0.15, 0.2) is 42.9 Å². The summed E-state index contributed by atoms with van der Waals surface area (Å²) in [6.45, 7) is 6.32. The highest BCUT2D eigenvalue weighted by molar-refractivity contribution is 5.86. The van der Waals surface area contributed by atoms with Gasteiger partial charge in [0.25, 0.3) is 0 Å². The van der Waals surface area contributed by atoms with Crippen LogP contribution in [0.25, 0.3) is 21.9 Å². The first kappa shape index (κ1) is 23.9. The lowest BCUT2D eigenvalue weighted by atomic mass is 9.76. The third-order valence-corrected chi connectivity index (χ3v) is 9.20. The van der Waals surface area contributed by atoms with Gasteiger partial charge >= 0.3 is 0 Å². The van der Waals surface area contributed by atoms with Gasteiger partial charge in [0.15, 0.2) is 5.79 Å². The number of ether oxygens (including phenoxy) is 2. The van der Waals surface area contributed by atoms with Crippen molar-refractivity contribution in [2.24, 2.45) is 5.41 Å². The lowest BCUT2D eigenvalue weighted by Gasteiger charge is -2.34. The van der Waals surface area contributed by atoms with E-state index in [0.717, 1.165) is 42.2 Å². The highest BCUT2D eigenvalue weighted by Gasteiger charge is 2.60. The van der Waals surface area contributed by atoms with Gasteiger partial charge in [0.05, 0.1) is 23.0 Å². The van der Waals surface area contributed by atoms with Gasteiger partial charge in [-0.05, 0) is 87.6 Å². The standard InChI is InChI=1S/C30H36N6O2/c1-4-30(11-9-17-5-6-19-14-21(18-7-8-18)27(32)35-22(19)13-17)15-23(24-25(30)38-29(2,3)37-24)36-12-10-20-26(31)33-16-34-28(20)36/h5-6,10,12-14,16,18,23-25H,4,7-9,11,15H2,1-3H3,(H2,32,35)(H2,31,33,34)/t23-,24+,25+,30+/m1/s1. The molecule has 3 aliphatic rings. The minimum absolute atomic E-state index is 0.000500. The van der Waals surface area contributed by atoms with E-state index in [1.165, 1.54) is 35.7 Å². The van der Waals surface area contributed by atoms with Crippen LogP contribution in [0.1, 0.15) is 76.0 Å². The minimum atomic E-state index is -0.630. The van der Waals surface area contributed by atoms with E-state index in [1.807, 2.05) is 19.9 Å². The molecule has 4 N–H and O–H groups in total. The number of nitrogens with two attached hydrogens (primary N) is 2. The lowest BCUT2D eigenvalue weighted by Crippen LogP contribution is -2.36. The van der Waals surface area contributed by atoms with E-state index in [2.05, 4.69) is 51.9 Å². The molecule has 4 aromatic rings. The van der Waals surface area contributed by atoms with Crippen LogP contribution >= 0.6 is 0 Å². The van der Waals surface area contributed by atoms with Gasteiger partial charge in [-0.2, -0.15) is 0 Å². The maximum absolute atomic E-state index is 6.64. The molecule has 1 saturated heterocycles. The van der Waals surface area contributed by atoms with Crippen LogP contribution < -0.4 is 11.5 Å². The Bertz CT molecular complexity index is 1540. The molecule has 0 amide bonds. The summed E-state index contributed by atoms with van der Waals surface area (Å²) in [5, 5.41) is 2.05. The lowest BCUT2D eigenvalue weighted by molar-refractivity contribution is -0.170. The number of nitrogen functional groups attached to an aromatic ring is 2. The summed E-state index contributed by atoms with van der Waals surface area (Å²) in [5.74, 6) is 1.15. The number of benzene rings is 1. The second-order valence-corrected chi connectivity index (χ2v) is 12.0. The van der Waals surface area contributed by atoms with Crippen LogP contribution in [0.4, 0.5) is 11.6 Å². The summed E-state index contributed by atoms with van der Waals surface area (Å²) >= 11 is 0. The molecule has 0 bridgehead atoms. The molecule has 2 saturated carbocycles. The van der Waals surface area contributed by atoms with Gasteiger partial charge in [-0.15, -0.1) is 0 Å². The average Bonchev–Trinajstić information content (AvgIpc) is 3.47. The van der Waals surface area contributed by atoms with Crippen molar-refractivity contribution in [2.45, 2.75) is 89.3 Å². The summed E-state index contributed by atoms with van der Waals surface area (Å²) < 4.78 is 15.4. The Kier molecular flexibility index (Phi) is 5.26. The number of fused-ring (bicyclic) bond motifs is 3. The predicted molar refractivity (Wildman–Crippen MR) is 149 cm³/mol. The van der Waals surface area contributed by atoms with Crippen LogP contribution in [0, 0.1) is 5.41 Å². The van der Waals surface area contributed by atoms with Crippen LogP contribution in [0.5, 0.6) is 0 Å². The SMILES string of the molecule is CC[C@]1(CCc2ccc3cc(C4CC4)c(N)nc3c2)C[C@@H](n2ccc3c(N)ncnc32)[C@@H]2OC(C)(C)O[C@@H]21. The first-order valence-corrected chi connectivity index (χ1v) is 13.9. The maximum Gasteiger partial charge on any atom is 0.163 e. The Balaban J connectivity index is 1.20. The van der Waals surface area contributed by atoms with Crippen molar-refractivity contribution in [1.29, 1.82) is 0 Å². The molecule has 2 aliphatic carbocycles. The van der Waals surface area contributed by atoms with Crippen LogP contribution in [-0.4, -0.2) is 37.5 Å². The molecule has 3 aromatic heterocycles. The fourth-order valence-corrected chi connectivity index (χ4v) is 6.99. The van der Waals surface area contributed by atoms with Crippen LogP contribution in [0.3, 0.4) is 0 Å². The largest absolute Gasteiger partial charge is 0.383 e. The molecule has 8 heteroatoms. The highest BCUT2D eigenvalue weighted by Crippen LogP contribution is 2.57. The Morgan fingerprint density at radius 2 is 1.89 bits per heavy atom. The molecule has 8 nitrogen and oxygen atoms in total. The van der Waals surface area contributed by atoms with Crippen molar-refractivity contribution in [3.05, 3.63) is 54.0 Å². The zero-order chi connectivity index (χ0) is 26.2. The van der Waals surface area contributed by atoms with E-state index >= 15 is 0 Å². The van der Waals surface area contributed by atoms with E-state index < -0.39 is 5.79 Å². The number of pyridine rings is 1. The average molecular weight is 513 g/mol. The first-order valence-electron chi connectivity index (χ1n) is 13.9. The van der Waals surface area contributed by atoms with Crippen molar-refractivity contribution >= 4 is 33.6 Å². The van der Waals surface area contributed by atoms with Crippen molar-refractivity contribution in [3.8, 4) is 0 Å². The number of hydrogen-bond donors (Lipinski definition) is 2. The summed E-state index contributed by atoms with van der Waals surface area (Å²) in [7, 11) is 0. The first-order chi connectivity index (χ1) is 18.3. The van der Waals surface area contributed by atoms with Crippen molar-refractivity contribution in [3.63, 3.8) is 0 Å². The molecule has 198 valence electrons. The number of nitrogens with zero attached hydrogens (tertiary/aromatic N) is 4. The second kappa shape index (κ2) is 8.38. The summed E-state index contributed by atoms with van der Waals surface area (Å²) in [6.07, 6.45) is 9.89. The normalized spacial score (nSPS) is 28.3. The Labute approximate surface area is 222 Å². The maximum atomic E-state index is 6.64. The summed E-state index contributed by atoms with van der Waals surface area (Å²) in [5.41, 5.74) is 16.8.